The van der Waals surface area contributed by atoms with Gasteiger partial charge in [0.1, 0.15) is 0 Å². The fourth-order valence-corrected chi connectivity index (χ4v) is 1.82. The molecular weight excluding hydrogens is 178 g/mol. The van der Waals surface area contributed by atoms with Gasteiger partial charge in [0, 0.05) is 0 Å². The van der Waals surface area contributed by atoms with Gasteiger partial charge in [0.25, 0.3) is 0 Å². The molecule has 0 fully saturated rings. The van der Waals surface area contributed by atoms with Gasteiger partial charge in [-0.25, -0.2) is 0 Å². The number of halogens is 1. The van der Waals surface area contributed by atoms with Gasteiger partial charge in [0.2, 0.25) is 0 Å². The monoisotopic (exact) mass is 196 g/mol. The third kappa shape index (κ3) is 5.73. The average molecular weight is 196 g/mol. The zero-order chi connectivity index (χ0) is 9.78. The number of hydrogen-bond donors (Lipinski definition) is 0. The lowest BCUT2D eigenvalue weighted by Crippen LogP contribution is -2.09. The van der Waals surface area contributed by atoms with Gasteiger partial charge in [-0.15, -0.1) is 0 Å². The molecule has 2 atom stereocenters. The minimum absolute atomic E-state index is 0.0323. The lowest BCUT2D eigenvalue weighted by atomic mass is 10.1. The van der Waals surface area contributed by atoms with Gasteiger partial charge in [0.05, 0.1) is 12.3 Å². The Morgan fingerprint density at radius 1 is 1.42 bits per heavy atom. The van der Waals surface area contributed by atoms with Crippen molar-refractivity contribution < 1.29 is 13.3 Å². The van der Waals surface area contributed by atoms with Gasteiger partial charge in [-0.2, -0.15) is 4.20 Å². The van der Waals surface area contributed by atoms with Crippen LogP contribution in [0, 0.1) is 5.92 Å². The molecule has 2 nitrogen and oxygen atoms in total. The highest BCUT2D eigenvalue weighted by atomic mass is 31.2. The van der Waals surface area contributed by atoms with Crippen molar-refractivity contribution in [1.29, 1.82) is 0 Å². The molecule has 74 valence electrons. The molecule has 0 saturated carbocycles. The molecule has 0 spiro atoms. The second-order valence-electron chi connectivity index (χ2n) is 3.45. The predicted molar refractivity (Wildman–Crippen MR) is 49.3 cm³/mol. The number of rotatable bonds is 5. The van der Waals surface area contributed by atoms with Crippen LogP contribution in [0.5, 0.6) is 0 Å². The Hall–Kier alpha value is 0.120. The van der Waals surface area contributed by atoms with Crippen LogP contribution < -0.4 is 0 Å². The highest BCUT2D eigenvalue weighted by Gasteiger charge is 2.22. The van der Waals surface area contributed by atoms with E-state index in [1.165, 1.54) is 6.92 Å². The molecule has 0 aliphatic carbocycles. The summed E-state index contributed by atoms with van der Waals surface area (Å²) in [5, 5.41) is 0. The van der Waals surface area contributed by atoms with Crippen molar-refractivity contribution in [3.05, 3.63) is 0 Å². The Morgan fingerprint density at radius 2 is 1.92 bits per heavy atom. The largest absolute Gasteiger partial charge is 0.367 e. The normalized spacial score (nSPS) is 19.2. The Morgan fingerprint density at radius 3 is 2.25 bits per heavy atom. The first kappa shape index (κ1) is 12.1. The van der Waals surface area contributed by atoms with E-state index in [1.807, 2.05) is 13.8 Å². The van der Waals surface area contributed by atoms with Crippen LogP contribution in [-0.4, -0.2) is 12.3 Å². The Balaban J connectivity index is 3.84. The van der Waals surface area contributed by atoms with E-state index < -0.39 is 7.68 Å². The molecule has 0 rings (SSSR count). The van der Waals surface area contributed by atoms with Crippen LogP contribution in [0.3, 0.4) is 0 Å². The summed E-state index contributed by atoms with van der Waals surface area (Å²) in [4.78, 5) is 0. The second kappa shape index (κ2) is 4.98. The molecule has 0 aromatic heterocycles. The Labute approximate surface area is 74.1 Å². The molecule has 0 aromatic carbocycles. The third-order valence-corrected chi connectivity index (χ3v) is 2.95. The maximum atomic E-state index is 12.9. The summed E-state index contributed by atoms with van der Waals surface area (Å²) in [7, 11) is -3.79. The quantitative estimate of drug-likeness (QED) is 0.628. The van der Waals surface area contributed by atoms with Crippen molar-refractivity contribution in [2.75, 3.05) is 6.16 Å². The van der Waals surface area contributed by atoms with Crippen LogP contribution in [0.1, 0.15) is 34.1 Å². The third-order valence-electron chi connectivity index (χ3n) is 1.52. The van der Waals surface area contributed by atoms with Crippen molar-refractivity contribution in [2.45, 2.75) is 40.2 Å². The lowest BCUT2D eigenvalue weighted by Gasteiger charge is -2.16. The van der Waals surface area contributed by atoms with E-state index in [0.29, 0.717) is 5.92 Å². The summed E-state index contributed by atoms with van der Waals surface area (Å²) in [5.41, 5.74) is 0. The molecule has 0 aliphatic rings. The van der Waals surface area contributed by atoms with Crippen molar-refractivity contribution >= 4 is 7.68 Å². The topological polar surface area (TPSA) is 26.3 Å². The lowest BCUT2D eigenvalue weighted by molar-refractivity contribution is 0.181. The second-order valence-corrected chi connectivity index (χ2v) is 5.48. The minimum atomic E-state index is -3.79. The molecule has 2 unspecified atom stereocenters. The van der Waals surface area contributed by atoms with E-state index in [4.69, 9.17) is 4.52 Å². The van der Waals surface area contributed by atoms with E-state index in [9.17, 15) is 8.76 Å². The highest BCUT2D eigenvalue weighted by molar-refractivity contribution is 7.53. The summed E-state index contributed by atoms with van der Waals surface area (Å²) < 4.78 is 28.5. The van der Waals surface area contributed by atoms with Gasteiger partial charge < -0.3 is 4.52 Å². The van der Waals surface area contributed by atoms with Crippen molar-refractivity contribution in [1.82, 2.24) is 0 Å². The van der Waals surface area contributed by atoms with Crippen LogP contribution in [0.4, 0.5) is 4.20 Å². The number of hydrogen-bond acceptors (Lipinski definition) is 2. The molecule has 0 bridgehead atoms. The summed E-state index contributed by atoms with van der Waals surface area (Å²) in [5.74, 6) is 0.442. The Kier molecular flexibility index (Phi) is 5.03. The maximum absolute atomic E-state index is 12.9. The van der Waals surface area contributed by atoms with Gasteiger partial charge >= 0.3 is 7.68 Å². The van der Waals surface area contributed by atoms with Crippen LogP contribution >= 0.6 is 7.68 Å². The minimum Gasteiger partial charge on any atom is -0.302 e. The van der Waals surface area contributed by atoms with Gasteiger partial charge in [-0.1, -0.05) is 20.8 Å². The van der Waals surface area contributed by atoms with Crippen LogP contribution in [0.2, 0.25) is 0 Å². The predicted octanol–water partition coefficient (Wildman–Crippen LogP) is 3.62. The van der Waals surface area contributed by atoms with Crippen LogP contribution in [-0.2, 0) is 9.09 Å². The van der Waals surface area contributed by atoms with E-state index in [2.05, 4.69) is 0 Å². The van der Waals surface area contributed by atoms with Crippen molar-refractivity contribution in [3.63, 3.8) is 0 Å². The zero-order valence-electron chi connectivity index (χ0n) is 8.21. The summed E-state index contributed by atoms with van der Waals surface area (Å²) in [6.45, 7) is 7.33. The standard InChI is InChI=1S/C8H18FO2P/c1-5-12(9,10)11-8(4)6-7(2)3/h7-8H,5-6H2,1-4H3. The fraction of sp³-hybridized carbons (Fsp3) is 1.00. The van der Waals surface area contributed by atoms with Crippen LogP contribution in [0.25, 0.3) is 0 Å². The molecule has 12 heavy (non-hydrogen) atoms. The van der Waals surface area contributed by atoms with E-state index >= 15 is 0 Å². The first-order valence-electron chi connectivity index (χ1n) is 4.34. The van der Waals surface area contributed by atoms with Crippen molar-refractivity contribution in [3.8, 4) is 0 Å². The first-order valence-corrected chi connectivity index (χ1v) is 6.04. The molecule has 0 aliphatic heterocycles. The molecular formula is C8H18FO2P. The summed E-state index contributed by atoms with van der Waals surface area (Å²) in [6, 6.07) is 0. The summed E-state index contributed by atoms with van der Waals surface area (Å²) in [6.07, 6.45) is 0.462. The first-order chi connectivity index (χ1) is 5.37. The Bertz CT molecular complexity index is 170. The molecule has 4 heteroatoms. The van der Waals surface area contributed by atoms with Gasteiger partial charge in [0.15, 0.2) is 0 Å². The summed E-state index contributed by atoms with van der Waals surface area (Å²) >= 11 is 0. The van der Waals surface area contributed by atoms with Gasteiger partial charge in [-0.05, 0) is 19.3 Å². The average Bonchev–Trinajstić information content (AvgIpc) is 1.84. The molecule has 0 amide bonds. The van der Waals surface area contributed by atoms with Gasteiger partial charge in [-0.3, -0.25) is 4.57 Å². The SMILES string of the molecule is CCP(=O)(F)OC(C)CC(C)C. The highest BCUT2D eigenvalue weighted by Crippen LogP contribution is 2.49. The molecule has 0 saturated heterocycles. The van der Waals surface area contributed by atoms with E-state index in [0.717, 1.165) is 6.42 Å². The molecule has 0 N–H and O–H groups in total. The maximum Gasteiger partial charge on any atom is 0.367 e. The van der Waals surface area contributed by atoms with Crippen LogP contribution in [0.15, 0.2) is 0 Å². The zero-order valence-corrected chi connectivity index (χ0v) is 9.11. The fourth-order valence-electron chi connectivity index (χ4n) is 1.05. The molecule has 0 radical (unpaired) electrons. The van der Waals surface area contributed by atoms with E-state index in [1.54, 1.807) is 6.92 Å². The molecule has 0 aromatic rings. The van der Waals surface area contributed by atoms with E-state index in [-0.39, 0.29) is 12.3 Å². The van der Waals surface area contributed by atoms with Crippen molar-refractivity contribution in [2.24, 2.45) is 5.92 Å². The smallest absolute Gasteiger partial charge is 0.302 e. The molecule has 0 heterocycles.